The molecule has 0 fully saturated rings. The third-order valence-corrected chi connectivity index (χ3v) is 4.27. The van der Waals surface area contributed by atoms with E-state index >= 15 is 0 Å². The lowest BCUT2D eigenvalue weighted by molar-refractivity contribution is 0.0955. The summed E-state index contributed by atoms with van der Waals surface area (Å²) in [6.07, 6.45) is 1.58. The summed E-state index contributed by atoms with van der Waals surface area (Å²) in [6, 6.07) is 22.3. The van der Waals surface area contributed by atoms with Crippen LogP contribution in [0.5, 0.6) is 5.75 Å². The Morgan fingerprint density at radius 3 is 2.44 bits per heavy atom. The summed E-state index contributed by atoms with van der Waals surface area (Å²) < 4.78 is 5.81. The summed E-state index contributed by atoms with van der Waals surface area (Å²) >= 11 is 5.81. The van der Waals surface area contributed by atoms with Crippen LogP contribution in [-0.2, 0) is 6.61 Å². The van der Waals surface area contributed by atoms with Gasteiger partial charge in [0.05, 0.1) is 6.21 Å². The van der Waals surface area contributed by atoms with Gasteiger partial charge < -0.3 is 4.74 Å². The highest BCUT2D eigenvalue weighted by molar-refractivity contribution is 6.30. The molecule has 3 rings (SSSR count). The zero-order valence-corrected chi connectivity index (χ0v) is 15.6. The summed E-state index contributed by atoms with van der Waals surface area (Å²) in [7, 11) is 0. The fourth-order valence-corrected chi connectivity index (χ4v) is 2.54. The van der Waals surface area contributed by atoms with Gasteiger partial charge in [-0.15, -0.1) is 0 Å². The lowest BCUT2D eigenvalue weighted by atomic mass is 10.1. The van der Waals surface area contributed by atoms with Crippen molar-refractivity contribution in [2.75, 3.05) is 0 Å². The van der Waals surface area contributed by atoms with Crippen molar-refractivity contribution in [2.24, 2.45) is 5.10 Å². The quantitative estimate of drug-likeness (QED) is 0.485. The molecule has 0 aliphatic heterocycles. The second-order valence-corrected chi connectivity index (χ2v) is 6.43. The van der Waals surface area contributed by atoms with Crippen molar-refractivity contribution in [1.82, 2.24) is 5.43 Å². The number of nitrogens with zero attached hydrogens (tertiary/aromatic N) is 1. The Hall–Kier alpha value is -3.11. The van der Waals surface area contributed by atoms with Crippen LogP contribution in [0.15, 0.2) is 77.9 Å². The Labute approximate surface area is 163 Å². The number of hydrogen-bond acceptors (Lipinski definition) is 3. The van der Waals surface area contributed by atoms with E-state index in [1.165, 1.54) is 5.56 Å². The molecule has 0 aromatic heterocycles. The van der Waals surface area contributed by atoms with Crippen molar-refractivity contribution in [3.63, 3.8) is 0 Å². The summed E-state index contributed by atoms with van der Waals surface area (Å²) in [6.45, 7) is 2.59. The standard InChI is InChI=1S/C22H19ClN2O2/c1-16-4-2-3-5-19(16)15-27-21-12-6-17(7-13-21)14-24-25-22(26)18-8-10-20(23)11-9-18/h2-14H,15H2,1H3,(H,25,26)/b24-14-. The molecular formula is C22H19ClN2O2. The van der Waals surface area contributed by atoms with E-state index in [0.717, 1.165) is 16.9 Å². The van der Waals surface area contributed by atoms with Gasteiger partial charge in [0.1, 0.15) is 12.4 Å². The molecule has 0 aliphatic rings. The third kappa shape index (κ3) is 5.43. The zero-order chi connectivity index (χ0) is 19.1. The molecule has 0 saturated carbocycles. The molecule has 0 aliphatic carbocycles. The van der Waals surface area contributed by atoms with Crippen molar-refractivity contribution < 1.29 is 9.53 Å². The fraction of sp³-hybridized carbons (Fsp3) is 0.0909. The Kier molecular flexibility index (Phi) is 6.23. The maximum atomic E-state index is 12.0. The van der Waals surface area contributed by atoms with Gasteiger partial charge in [-0.3, -0.25) is 4.79 Å². The number of rotatable bonds is 6. The topological polar surface area (TPSA) is 50.7 Å². The van der Waals surface area contributed by atoms with Crippen LogP contribution in [0, 0.1) is 6.92 Å². The van der Waals surface area contributed by atoms with Crippen molar-refractivity contribution in [2.45, 2.75) is 13.5 Å². The Morgan fingerprint density at radius 2 is 1.74 bits per heavy atom. The molecule has 136 valence electrons. The number of halogens is 1. The molecule has 3 aromatic carbocycles. The average Bonchev–Trinajstić information content (AvgIpc) is 2.69. The first-order chi connectivity index (χ1) is 13.1. The molecule has 0 unspecified atom stereocenters. The van der Waals surface area contributed by atoms with Crippen molar-refractivity contribution >= 4 is 23.7 Å². The van der Waals surface area contributed by atoms with E-state index in [1.807, 2.05) is 36.4 Å². The predicted molar refractivity (Wildman–Crippen MR) is 108 cm³/mol. The predicted octanol–water partition coefficient (Wildman–Crippen LogP) is 4.99. The zero-order valence-electron chi connectivity index (χ0n) is 14.9. The van der Waals surface area contributed by atoms with Crippen LogP contribution in [0.1, 0.15) is 27.0 Å². The Bertz CT molecular complexity index is 935. The summed E-state index contributed by atoms with van der Waals surface area (Å²) in [5.41, 5.74) is 6.21. The first-order valence-corrected chi connectivity index (χ1v) is 8.86. The fourth-order valence-electron chi connectivity index (χ4n) is 2.41. The first-order valence-electron chi connectivity index (χ1n) is 8.48. The number of carbonyl (C=O) groups is 1. The number of aryl methyl sites for hydroxylation is 1. The van der Waals surface area contributed by atoms with Gasteiger partial charge in [-0.25, -0.2) is 5.43 Å². The molecule has 5 heteroatoms. The van der Waals surface area contributed by atoms with Gasteiger partial charge in [-0.2, -0.15) is 5.10 Å². The van der Waals surface area contributed by atoms with Gasteiger partial charge in [-0.05, 0) is 72.1 Å². The minimum atomic E-state index is -0.291. The highest BCUT2D eigenvalue weighted by Gasteiger charge is 2.03. The van der Waals surface area contributed by atoms with Crippen molar-refractivity contribution in [3.8, 4) is 5.75 Å². The van der Waals surface area contributed by atoms with E-state index < -0.39 is 0 Å². The molecular weight excluding hydrogens is 360 g/mol. The molecule has 0 spiro atoms. The number of ether oxygens (including phenoxy) is 1. The SMILES string of the molecule is Cc1ccccc1COc1ccc(/C=N\NC(=O)c2ccc(Cl)cc2)cc1. The van der Waals surface area contributed by atoms with E-state index in [-0.39, 0.29) is 5.91 Å². The maximum Gasteiger partial charge on any atom is 0.271 e. The summed E-state index contributed by atoms with van der Waals surface area (Å²) in [5, 5.41) is 4.56. The summed E-state index contributed by atoms with van der Waals surface area (Å²) in [5.74, 6) is 0.488. The van der Waals surface area contributed by atoms with Crippen LogP contribution in [-0.4, -0.2) is 12.1 Å². The molecule has 0 atom stereocenters. The molecule has 4 nitrogen and oxygen atoms in total. The number of hydrazone groups is 1. The largest absolute Gasteiger partial charge is 0.489 e. The van der Waals surface area contributed by atoms with E-state index in [9.17, 15) is 4.79 Å². The maximum absolute atomic E-state index is 12.0. The van der Waals surface area contributed by atoms with Gasteiger partial charge in [0.25, 0.3) is 5.91 Å². The minimum Gasteiger partial charge on any atom is -0.489 e. The van der Waals surface area contributed by atoms with E-state index in [1.54, 1.807) is 30.5 Å². The third-order valence-electron chi connectivity index (χ3n) is 4.02. The normalized spacial score (nSPS) is 10.7. The lowest BCUT2D eigenvalue weighted by Crippen LogP contribution is -2.17. The van der Waals surface area contributed by atoms with E-state index in [0.29, 0.717) is 17.2 Å². The molecule has 0 radical (unpaired) electrons. The van der Waals surface area contributed by atoms with Gasteiger partial charge in [-0.1, -0.05) is 35.9 Å². The molecule has 0 saturated heterocycles. The molecule has 1 N–H and O–H groups in total. The molecule has 27 heavy (non-hydrogen) atoms. The number of hydrogen-bond donors (Lipinski definition) is 1. The van der Waals surface area contributed by atoms with Gasteiger partial charge in [0, 0.05) is 10.6 Å². The van der Waals surface area contributed by atoms with Gasteiger partial charge in [0.2, 0.25) is 0 Å². The lowest BCUT2D eigenvalue weighted by Gasteiger charge is -2.08. The highest BCUT2D eigenvalue weighted by atomic mass is 35.5. The van der Waals surface area contributed by atoms with E-state index in [2.05, 4.69) is 29.6 Å². The summed E-state index contributed by atoms with van der Waals surface area (Å²) in [4.78, 5) is 12.0. The van der Waals surface area contributed by atoms with Crippen molar-refractivity contribution in [3.05, 3.63) is 100 Å². The van der Waals surface area contributed by atoms with Crippen LogP contribution >= 0.6 is 11.6 Å². The molecule has 1 amide bonds. The number of nitrogens with one attached hydrogen (secondary N) is 1. The van der Waals surface area contributed by atoms with Crippen LogP contribution in [0.25, 0.3) is 0 Å². The Balaban J connectivity index is 1.52. The molecule has 0 heterocycles. The smallest absolute Gasteiger partial charge is 0.271 e. The highest BCUT2D eigenvalue weighted by Crippen LogP contribution is 2.15. The number of carbonyl (C=O) groups excluding carboxylic acids is 1. The first kappa shape index (κ1) is 18.7. The van der Waals surface area contributed by atoms with Gasteiger partial charge in [0.15, 0.2) is 0 Å². The van der Waals surface area contributed by atoms with Crippen molar-refractivity contribution in [1.29, 1.82) is 0 Å². The molecule has 0 bridgehead atoms. The second kappa shape index (κ2) is 9.01. The van der Waals surface area contributed by atoms with Crippen LogP contribution in [0.4, 0.5) is 0 Å². The minimum absolute atomic E-state index is 0.291. The second-order valence-electron chi connectivity index (χ2n) is 5.99. The van der Waals surface area contributed by atoms with Crippen LogP contribution in [0.2, 0.25) is 5.02 Å². The Morgan fingerprint density at radius 1 is 1.04 bits per heavy atom. The monoisotopic (exact) mass is 378 g/mol. The molecule has 3 aromatic rings. The van der Waals surface area contributed by atoms with E-state index in [4.69, 9.17) is 16.3 Å². The average molecular weight is 379 g/mol. The van der Waals surface area contributed by atoms with Crippen LogP contribution < -0.4 is 10.2 Å². The number of benzene rings is 3. The van der Waals surface area contributed by atoms with Gasteiger partial charge >= 0.3 is 0 Å². The van der Waals surface area contributed by atoms with Crippen LogP contribution in [0.3, 0.4) is 0 Å². The number of amides is 1.